The molecular formula is C44H26Br2. The van der Waals surface area contributed by atoms with Crippen LogP contribution in [0.3, 0.4) is 0 Å². The lowest BCUT2D eigenvalue weighted by Gasteiger charge is -2.35. The van der Waals surface area contributed by atoms with Gasteiger partial charge in [-0.25, -0.2) is 0 Å². The normalized spacial score (nSPS) is 15.1. The number of benzene rings is 7. The van der Waals surface area contributed by atoms with Crippen LogP contribution < -0.4 is 0 Å². The molecule has 216 valence electrons. The number of fused-ring (bicyclic) bond motifs is 14. The summed E-state index contributed by atoms with van der Waals surface area (Å²) in [5.74, 6) is 0. The summed E-state index contributed by atoms with van der Waals surface area (Å²) >= 11 is 7.67. The number of hydrogen-bond acceptors (Lipinski definition) is 0. The van der Waals surface area contributed by atoms with Gasteiger partial charge in [-0.05, 0) is 102 Å². The van der Waals surface area contributed by atoms with E-state index in [4.69, 9.17) is 0 Å². The molecule has 2 heteroatoms. The molecule has 3 aliphatic carbocycles. The van der Waals surface area contributed by atoms with Crippen LogP contribution in [0.4, 0.5) is 0 Å². The van der Waals surface area contributed by atoms with Crippen molar-refractivity contribution in [1.82, 2.24) is 0 Å². The SMILES string of the molecule is Brc1cccc(C2(c3cccc(Br)c3)c3ccccc3-c3c2ccc2c3-c3ccccc3C23c2ccccc2-c2ccccc23)c1. The molecule has 0 saturated heterocycles. The lowest BCUT2D eigenvalue weighted by atomic mass is 9.67. The summed E-state index contributed by atoms with van der Waals surface area (Å²) < 4.78 is 2.16. The predicted molar refractivity (Wildman–Crippen MR) is 195 cm³/mol. The molecule has 0 aromatic heterocycles. The van der Waals surface area contributed by atoms with E-state index in [1.807, 2.05) is 0 Å². The molecule has 10 rings (SSSR count). The standard InChI is InChI=1S/C44H26Br2/c45-29-13-9-11-27(25-29)43(28-12-10-14-30(46)26-28)37-21-7-3-17-33(37)41-39(43)23-24-40-42(41)34-18-4-8-22-38(34)44(40)35-19-5-1-15-31(35)32-16-2-6-20-36(32)44/h1-26H. The van der Waals surface area contributed by atoms with E-state index in [0.29, 0.717) is 0 Å². The molecule has 0 atom stereocenters. The van der Waals surface area contributed by atoms with E-state index in [-0.39, 0.29) is 5.41 Å². The van der Waals surface area contributed by atoms with Crippen LogP contribution in [-0.2, 0) is 10.8 Å². The molecule has 7 aromatic carbocycles. The fourth-order valence-electron chi connectivity index (χ4n) is 9.18. The highest BCUT2D eigenvalue weighted by Gasteiger charge is 2.55. The Bertz CT molecular complexity index is 2320. The van der Waals surface area contributed by atoms with Gasteiger partial charge in [0.25, 0.3) is 0 Å². The predicted octanol–water partition coefficient (Wildman–Crippen LogP) is 11.9. The van der Waals surface area contributed by atoms with Gasteiger partial charge in [-0.3, -0.25) is 0 Å². The molecule has 7 aromatic rings. The molecule has 0 bridgehead atoms. The van der Waals surface area contributed by atoms with Gasteiger partial charge in [-0.1, -0.05) is 165 Å². The molecule has 0 unspecified atom stereocenters. The first-order valence-corrected chi connectivity index (χ1v) is 17.3. The van der Waals surface area contributed by atoms with Crippen molar-refractivity contribution in [3.05, 3.63) is 211 Å². The molecular weight excluding hydrogens is 688 g/mol. The summed E-state index contributed by atoms with van der Waals surface area (Å²) in [6.45, 7) is 0. The Kier molecular flexibility index (Phi) is 5.52. The third kappa shape index (κ3) is 3.14. The minimum absolute atomic E-state index is 0.375. The van der Waals surface area contributed by atoms with Crippen LogP contribution in [0, 0.1) is 0 Å². The van der Waals surface area contributed by atoms with Gasteiger partial charge in [-0.2, -0.15) is 0 Å². The maximum atomic E-state index is 3.83. The van der Waals surface area contributed by atoms with Gasteiger partial charge < -0.3 is 0 Å². The number of halogens is 2. The van der Waals surface area contributed by atoms with Crippen molar-refractivity contribution in [3.8, 4) is 33.4 Å². The second-order valence-electron chi connectivity index (χ2n) is 12.6. The maximum absolute atomic E-state index is 3.83. The Balaban J connectivity index is 1.40. The zero-order chi connectivity index (χ0) is 30.6. The Morgan fingerprint density at radius 1 is 0.304 bits per heavy atom. The van der Waals surface area contributed by atoms with Gasteiger partial charge in [0.1, 0.15) is 0 Å². The highest BCUT2D eigenvalue weighted by Crippen LogP contribution is 2.67. The smallest absolute Gasteiger partial charge is 0.0619 e. The number of rotatable bonds is 2. The van der Waals surface area contributed by atoms with E-state index >= 15 is 0 Å². The molecule has 0 radical (unpaired) electrons. The van der Waals surface area contributed by atoms with Crippen LogP contribution in [0.25, 0.3) is 33.4 Å². The van der Waals surface area contributed by atoms with Crippen molar-refractivity contribution >= 4 is 31.9 Å². The first-order chi connectivity index (χ1) is 22.6. The van der Waals surface area contributed by atoms with E-state index in [1.54, 1.807) is 0 Å². The first-order valence-electron chi connectivity index (χ1n) is 15.7. The monoisotopic (exact) mass is 712 g/mol. The third-order valence-corrected chi connectivity index (χ3v) is 11.7. The van der Waals surface area contributed by atoms with Crippen LogP contribution in [-0.4, -0.2) is 0 Å². The Hall–Kier alpha value is -4.50. The minimum atomic E-state index is -0.495. The zero-order valence-electron chi connectivity index (χ0n) is 24.8. The van der Waals surface area contributed by atoms with Crippen molar-refractivity contribution in [1.29, 1.82) is 0 Å². The summed E-state index contributed by atoms with van der Waals surface area (Å²) in [5, 5.41) is 0. The van der Waals surface area contributed by atoms with E-state index in [0.717, 1.165) is 8.95 Å². The van der Waals surface area contributed by atoms with Gasteiger partial charge in [0.2, 0.25) is 0 Å². The maximum Gasteiger partial charge on any atom is 0.0725 e. The summed E-state index contributed by atoms with van der Waals surface area (Å²) in [6.07, 6.45) is 0. The molecule has 46 heavy (non-hydrogen) atoms. The van der Waals surface area contributed by atoms with E-state index in [9.17, 15) is 0 Å². The number of hydrogen-bond donors (Lipinski definition) is 0. The van der Waals surface area contributed by atoms with Crippen molar-refractivity contribution < 1.29 is 0 Å². The summed E-state index contributed by atoms with van der Waals surface area (Å²) in [4.78, 5) is 0. The lowest BCUT2D eigenvalue weighted by Crippen LogP contribution is -2.29. The second kappa shape index (κ2) is 9.51. The topological polar surface area (TPSA) is 0 Å². The van der Waals surface area contributed by atoms with Gasteiger partial charge in [0, 0.05) is 8.95 Å². The Morgan fingerprint density at radius 2 is 0.674 bits per heavy atom. The minimum Gasteiger partial charge on any atom is -0.0619 e. The van der Waals surface area contributed by atoms with Gasteiger partial charge in [0.15, 0.2) is 0 Å². The largest absolute Gasteiger partial charge is 0.0725 e. The van der Waals surface area contributed by atoms with E-state index in [1.165, 1.54) is 77.9 Å². The molecule has 1 spiro atoms. The molecule has 0 saturated carbocycles. The van der Waals surface area contributed by atoms with E-state index < -0.39 is 5.41 Å². The summed E-state index contributed by atoms with van der Waals surface area (Å²) in [6, 6.07) is 59.1. The lowest BCUT2D eigenvalue weighted by molar-refractivity contribution is 0.763. The van der Waals surface area contributed by atoms with Crippen molar-refractivity contribution in [2.24, 2.45) is 0 Å². The second-order valence-corrected chi connectivity index (χ2v) is 14.4. The molecule has 0 fully saturated rings. The summed E-state index contributed by atoms with van der Waals surface area (Å²) in [7, 11) is 0. The van der Waals surface area contributed by atoms with Gasteiger partial charge in [-0.15, -0.1) is 0 Å². The quantitative estimate of drug-likeness (QED) is 0.167. The fraction of sp³-hybridized carbons (Fsp3) is 0.0455. The zero-order valence-corrected chi connectivity index (χ0v) is 27.9. The average Bonchev–Trinajstić information content (AvgIpc) is 3.69. The third-order valence-electron chi connectivity index (χ3n) is 10.7. The Labute approximate surface area is 285 Å². The van der Waals surface area contributed by atoms with Crippen molar-refractivity contribution in [2.75, 3.05) is 0 Å². The molecule has 0 aliphatic heterocycles. The van der Waals surface area contributed by atoms with Crippen molar-refractivity contribution in [2.45, 2.75) is 10.8 Å². The summed E-state index contributed by atoms with van der Waals surface area (Å²) in [5.41, 5.74) is 17.8. The highest BCUT2D eigenvalue weighted by molar-refractivity contribution is 9.10. The molecule has 0 nitrogen and oxygen atoms in total. The van der Waals surface area contributed by atoms with Crippen LogP contribution in [0.5, 0.6) is 0 Å². The fourth-order valence-corrected chi connectivity index (χ4v) is 9.98. The average molecular weight is 715 g/mol. The molecule has 0 heterocycles. The van der Waals surface area contributed by atoms with Crippen LogP contribution in [0.1, 0.15) is 44.5 Å². The van der Waals surface area contributed by atoms with Crippen LogP contribution >= 0.6 is 31.9 Å². The van der Waals surface area contributed by atoms with Crippen LogP contribution in [0.15, 0.2) is 167 Å². The van der Waals surface area contributed by atoms with E-state index in [2.05, 4.69) is 190 Å². The van der Waals surface area contributed by atoms with Crippen LogP contribution in [0.2, 0.25) is 0 Å². The first kappa shape index (κ1) is 26.7. The molecule has 0 N–H and O–H groups in total. The van der Waals surface area contributed by atoms with Gasteiger partial charge >= 0.3 is 0 Å². The molecule has 0 amide bonds. The van der Waals surface area contributed by atoms with Gasteiger partial charge in [0.05, 0.1) is 10.8 Å². The van der Waals surface area contributed by atoms with Crippen molar-refractivity contribution in [3.63, 3.8) is 0 Å². The Morgan fingerprint density at radius 3 is 1.13 bits per heavy atom. The molecule has 3 aliphatic rings. The highest BCUT2D eigenvalue weighted by atomic mass is 79.9.